The van der Waals surface area contributed by atoms with E-state index in [1.807, 2.05) is 26.0 Å². The van der Waals surface area contributed by atoms with Crippen molar-refractivity contribution in [1.29, 1.82) is 0 Å². The zero-order valence-electron chi connectivity index (χ0n) is 12.3. The second kappa shape index (κ2) is 6.54. The van der Waals surface area contributed by atoms with Crippen molar-refractivity contribution in [3.63, 3.8) is 0 Å². The summed E-state index contributed by atoms with van der Waals surface area (Å²) in [6.07, 6.45) is 0. The van der Waals surface area contributed by atoms with E-state index >= 15 is 0 Å². The maximum atomic E-state index is 14.3. The van der Waals surface area contributed by atoms with Gasteiger partial charge in [-0.1, -0.05) is 24.6 Å². The molecule has 0 spiro atoms. The molecule has 1 nitrogen and oxygen atoms in total. The van der Waals surface area contributed by atoms with Crippen LogP contribution >= 0.6 is 11.6 Å². The van der Waals surface area contributed by atoms with Gasteiger partial charge in [-0.05, 0) is 61.3 Å². The quantitative estimate of drug-likeness (QED) is 0.844. The van der Waals surface area contributed by atoms with Crippen LogP contribution in [-0.4, -0.2) is 6.54 Å². The number of aryl methyl sites for hydroxylation is 2. The average Bonchev–Trinajstić information content (AvgIpc) is 2.41. The first-order chi connectivity index (χ1) is 9.93. The summed E-state index contributed by atoms with van der Waals surface area (Å²) in [4.78, 5) is 0. The molecule has 0 heterocycles. The van der Waals surface area contributed by atoms with Gasteiger partial charge in [0.25, 0.3) is 0 Å². The highest BCUT2D eigenvalue weighted by atomic mass is 35.5. The van der Waals surface area contributed by atoms with Crippen LogP contribution in [0.4, 0.5) is 8.78 Å². The first-order valence-electron chi connectivity index (χ1n) is 6.89. The molecule has 0 bridgehead atoms. The Morgan fingerprint density at radius 2 is 1.71 bits per heavy atom. The highest BCUT2D eigenvalue weighted by Gasteiger charge is 2.20. The Bertz CT molecular complexity index is 655. The molecule has 4 heteroatoms. The summed E-state index contributed by atoms with van der Waals surface area (Å²) >= 11 is 5.97. The minimum atomic E-state index is -0.408. The van der Waals surface area contributed by atoms with Gasteiger partial charge in [0.15, 0.2) is 0 Å². The van der Waals surface area contributed by atoms with E-state index < -0.39 is 17.7 Å². The van der Waals surface area contributed by atoms with E-state index in [9.17, 15) is 8.78 Å². The number of hydrogen-bond donors (Lipinski definition) is 1. The van der Waals surface area contributed by atoms with Crippen LogP contribution < -0.4 is 5.32 Å². The third kappa shape index (κ3) is 3.42. The van der Waals surface area contributed by atoms with Crippen molar-refractivity contribution in [2.24, 2.45) is 0 Å². The van der Waals surface area contributed by atoms with Crippen molar-refractivity contribution in [2.75, 3.05) is 6.54 Å². The first kappa shape index (κ1) is 15.9. The molecule has 0 aliphatic rings. The van der Waals surface area contributed by atoms with Gasteiger partial charge >= 0.3 is 0 Å². The fourth-order valence-corrected chi connectivity index (χ4v) is 2.66. The van der Waals surface area contributed by atoms with E-state index in [1.165, 1.54) is 12.1 Å². The van der Waals surface area contributed by atoms with Gasteiger partial charge in [-0.25, -0.2) is 8.78 Å². The van der Waals surface area contributed by atoms with E-state index in [-0.39, 0.29) is 0 Å². The van der Waals surface area contributed by atoms with Crippen molar-refractivity contribution in [1.82, 2.24) is 5.32 Å². The Balaban J connectivity index is 2.55. The molecule has 1 unspecified atom stereocenters. The lowest BCUT2D eigenvalue weighted by Crippen LogP contribution is -2.24. The molecule has 0 aromatic heterocycles. The third-order valence-electron chi connectivity index (χ3n) is 3.54. The summed E-state index contributed by atoms with van der Waals surface area (Å²) in [7, 11) is 0. The van der Waals surface area contributed by atoms with Crippen molar-refractivity contribution in [2.45, 2.75) is 26.8 Å². The van der Waals surface area contributed by atoms with Gasteiger partial charge < -0.3 is 5.32 Å². The summed E-state index contributed by atoms with van der Waals surface area (Å²) in [5.74, 6) is -0.810. The lowest BCUT2D eigenvalue weighted by Gasteiger charge is -2.22. The molecule has 2 aromatic carbocycles. The summed E-state index contributed by atoms with van der Waals surface area (Å²) in [5, 5.41) is 3.84. The van der Waals surface area contributed by atoms with Crippen LogP contribution in [0.25, 0.3) is 0 Å². The van der Waals surface area contributed by atoms with E-state index in [0.29, 0.717) is 22.7 Å². The minimum Gasteiger partial charge on any atom is -0.306 e. The van der Waals surface area contributed by atoms with Crippen LogP contribution in [0.5, 0.6) is 0 Å². The summed E-state index contributed by atoms with van der Waals surface area (Å²) in [6.45, 7) is 6.04. The Morgan fingerprint density at radius 3 is 2.33 bits per heavy atom. The van der Waals surface area contributed by atoms with Gasteiger partial charge in [-0.3, -0.25) is 0 Å². The highest BCUT2D eigenvalue weighted by molar-refractivity contribution is 6.30. The van der Waals surface area contributed by atoms with E-state index in [2.05, 4.69) is 5.32 Å². The fraction of sp³-hybridized carbons (Fsp3) is 0.294. The molecular formula is C17H18ClF2N. The second-order valence-electron chi connectivity index (χ2n) is 5.11. The monoisotopic (exact) mass is 309 g/mol. The van der Waals surface area contributed by atoms with Crippen molar-refractivity contribution >= 4 is 11.6 Å². The molecule has 0 aliphatic carbocycles. The molecule has 1 N–H and O–H groups in total. The molecule has 0 amide bonds. The fourth-order valence-electron chi connectivity index (χ4n) is 2.44. The molecule has 112 valence electrons. The van der Waals surface area contributed by atoms with Gasteiger partial charge in [0.05, 0.1) is 6.04 Å². The molecule has 1 atom stereocenters. The number of halogens is 3. The van der Waals surface area contributed by atoms with E-state index in [4.69, 9.17) is 11.6 Å². The zero-order chi connectivity index (χ0) is 15.6. The smallest absolute Gasteiger partial charge is 0.128 e. The molecule has 0 aliphatic heterocycles. The molecule has 2 aromatic rings. The topological polar surface area (TPSA) is 12.0 Å². The highest BCUT2D eigenvalue weighted by Crippen LogP contribution is 2.29. The number of hydrogen-bond acceptors (Lipinski definition) is 1. The molecular weight excluding hydrogens is 292 g/mol. The molecule has 21 heavy (non-hydrogen) atoms. The molecule has 0 radical (unpaired) electrons. The Kier molecular flexibility index (Phi) is 4.96. The van der Waals surface area contributed by atoms with E-state index in [1.54, 1.807) is 13.0 Å². The minimum absolute atomic E-state index is 0.305. The van der Waals surface area contributed by atoms with E-state index in [0.717, 1.165) is 11.1 Å². The van der Waals surface area contributed by atoms with Gasteiger partial charge in [0, 0.05) is 10.6 Å². The predicted octanol–water partition coefficient (Wildman–Crippen LogP) is 4.93. The number of nitrogens with one attached hydrogen (secondary N) is 1. The molecule has 2 rings (SSSR count). The molecule has 0 saturated carbocycles. The second-order valence-corrected chi connectivity index (χ2v) is 5.55. The Hall–Kier alpha value is -1.45. The van der Waals surface area contributed by atoms with Crippen LogP contribution in [0, 0.1) is 25.5 Å². The normalized spacial score (nSPS) is 12.5. The van der Waals surface area contributed by atoms with Gasteiger partial charge in [0.2, 0.25) is 0 Å². The summed E-state index contributed by atoms with van der Waals surface area (Å²) < 4.78 is 28.1. The van der Waals surface area contributed by atoms with Crippen LogP contribution in [0.1, 0.15) is 35.2 Å². The maximum Gasteiger partial charge on any atom is 0.128 e. The largest absolute Gasteiger partial charge is 0.306 e. The average molecular weight is 310 g/mol. The van der Waals surface area contributed by atoms with Crippen LogP contribution in [-0.2, 0) is 0 Å². The zero-order valence-corrected chi connectivity index (χ0v) is 13.1. The molecule has 0 fully saturated rings. The van der Waals surface area contributed by atoms with Crippen molar-refractivity contribution in [3.05, 3.63) is 69.2 Å². The lowest BCUT2D eigenvalue weighted by molar-refractivity contribution is 0.540. The van der Waals surface area contributed by atoms with Crippen LogP contribution in [0.3, 0.4) is 0 Å². The standard InChI is InChI=1S/C17H18ClF2N/c1-4-21-17(13-6-5-12(18)7-10(13)2)14-9-15(19)11(3)8-16(14)20/h5-9,17,21H,4H2,1-3H3. The van der Waals surface area contributed by atoms with Crippen molar-refractivity contribution in [3.8, 4) is 0 Å². The number of rotatable bonds is 4. The van der Waals surface area contributed by atoms with Crippen LogP contribution in [0.2, 0.25) is 5.02 Å². The third-order valence-corrected chi connectivity index (χ3v) is 3.78. The van der Waals surface area contributed by atoms with Gasteiger partial charge in [-0.2, -0.15) is 0 Å². The number of benzene rings is 2. The summed E-state index contributed by atoms with van der Waals surface area (Å²) in [6, 6.07) is 7.54. The van der Waals surface area contributed by atoms with Gasteiger partial charge in [-0.15, -0.1) is 0 Å². The van der Waals surface area contributed by atoms with Gasteiger partial charge in [0.1, 0.15) is 11.6 Å². The molecule has 0 saturated heterocycles. The van der Waals surface area contributed by atoms with Crippen LogP contribution in [0.15, 0.2) is 30.3 Å². The SMILES string of the molecule is CCNC(c1ccc(Cl)cc1C)c1cc(F)c(C)cc1F. The first-order valence-corrected chi connectivity index (χ1v) is 7.26. The maximum absolute atomic E-state index is 14.3. The van der Waals surface area contributed by atoms with Crippen molar-refractivity contribution < 1.29 is 8.78 Å². The lowest BCUT2D eigenvalue weighted by atomic mass is 9.93. The summed E-state index contributed by atoms with van der Waals surface area (Å²) in [5.41, 5.74) is 2.45. The predicted molar refractivity (Wildman–Crippen MR) is 82.8 cm³/mol. The Labute approximate surface area is 128 Å². The Morgan fingerprint density at radius 1 is 1.00 bits per heavy atom.